The number of aromatic nitrogens is 3. The smallest absolute Gasteiger partial charge is 0.378 e. The highest BCUT2D eigenvalue weighted by Crippen LogP contribution is 2.28. The summed E-state index contributed by atoms with van der Waals surface area (Å²) in [4.78, 5) is 15.6. The Hall–Kier alpha value is -2.44. The second kappa shape index (κ2) is 4.92. The molecule has 2 heterocycles. The number of halogens is 1. The Morgan fingerprint density at radius 3 is 2.90 bits per heavy atom. The standard InChI is InChI=1S/C13H13FN4O2/c1-20-12(19)11-16-13-15-7-6-10(18(13)17-11)8-2-4-9(14)5-3-8/h2-5,10H,6-7H2,1H3,(H,15,16,17). The average molecular weight is 276 g/mol. The first-order chi connectivity index (χ1) is 9.69. The van der Waals surface area contributed by atoms with Crippen LogP contribution < -0.4 is 5.32 Å². The SMILES string of the molecule is COC(=O)c1nc2n(n1)C(c1ccc(F)cc1)CCN2. The fourth-order valence-electron chi connectivity index (χ4n) is 2.27. The Balaban J connectivity index is 1.99. The molecule has 1 unspecified atom stereocenters. The van der Waals surface area contributed by atoms with E-state index in [4.69, 9.17) is 0 Å². The molecule has 0 saturated heterocycles. The molecule has 0 radical (unpaired) electrons. The summed E-state index contributed by atoms with van der Waals surface area (Å²) < 4.78 is 19.3. The molecule has 0 saturated carbocycles. The Kier molecular flexibility index (Phi) is 3.09. The lowest BCUT2D eigenvalue weighted by atomic mass is 10.0. The lowest BCUT2D eigenvalue weighted by Gasteiger charge is -2.24. The molecule has 1 aromatic heterocycles. The van der Waals surface area contributed by atoms with Crippen LogP contribution >= 0.6 is 0 Å². The van der Waals surface area contributed by atoms with E-state index in [1.165, 1.54) is 19.2 Å². The number of hydrogen-bond acceptors (Lipinski definition) is 5. The van der Waals surface area contributed by atoms with Crippen LogP contribution in [-0.2, 0) is 4.74 Å². The van der Waals surface area contributed by atoms with Crippen molar-refractivity contribution < 1.29 is 13.9 Å². The first-order valence-corrected chi connectivity index (χ1v) is 6.23. The highest BCUT2D eigenvalue weighted by atomic mass is 19.1. The summed E-state index contributed by atoms with van der Waals surface area (Å²) in [7, 11) is 1.28. The summed E-state index contributed by atoms with van der Waals surface area (Å²) >= 11 is 0. The number of nitrogens with one attached hydrogen (secondary N) is 1. The average Bonchev–Trinajstić information content (AvgIpc) is 2.91. The van der Waals surface area contributed by atoms with Gasteiger partial charge in [0, 0.05) is 6.54 Å². The van der Waals surface area contributed by atoms with Gasteiger partial charge in [0.1, 0.15) is 5.82 Å². The minimum atomic E-state index is -0.577. The number of nitrogens with zero attached hydrogens (tertiary/aromatic N) is 3. The van der Waals surface area contributed by atoms with Crippen molar-refractivity contribution in [3.63, 3.8) is 0 Å². The number of ether oxygens (including phenoxy) is 1. The van der Waals surface area contributed by atoms with Gasteiger partial charge in [-0.1, -0.05) is 12.1 Å². The van der Waals surface area contributed by atoms with Gasteiger partial charge in [-0.05, 0) is 24.1 Å². The van der Waals surface area contributed by atoms with Gasteiger partial charge in [-0.25, -0.2) is 13.9 Å². The van der Waals surface area contributed by atoms with E-state index in [0.717, 1.165) is 12.0 Å². The molecule has 6 nitrogen and oxygen atoms in total. The maximum atomic E-state index is 13.0. The van der Waals surface area contributed by atoms with Gasteiger partial charge >= 0.3 is 5.97 Å². The van der Waals surface area contributed by atoms with E-state index >= 15 is 0 Å². The molecule has 1 atom stereocenters. The van der Waals surface area contributed by atoms with Crippen molar-refractivity contribution in [1.29, 1.82) is 0 Å². The van der Waals surface area contributed by atoms with Crippen LogP contribution in [0.25, 0.3) is 0 Å². The number of fused-ring (bicyclic) bond motifs is 1. The number of carbonyl (C=O) groups excluding carboxylic acids is 1. The summed E-state index contributed by atoms with van der Waals surface area (Å²) in [5.41, 5.74) is 0.926. The normalized spacial score (nSPS) is 17.2. The van der Waals surface area contributed by atoms with Crippen LogP contribution in [0.4, 0.5) is 10.3 Å². The van der Waals surface area contributed by atoms with Crippen molar-refractivity contribution in [2.45, 2.75) is 12.5 Å². The van der Waals surface area contributed by atoms with Gasteiger partial charge < -0.3 is 10.1 Å². The molecule has 0 spiro atoms. The fourth-order valence-corrected chi connectivity index (χ4v) is 2.27. The molecule has 20 heavy (non-hydrogen) atoms. The second-order valence-corrected chi connectivity index (χ2v) is 4.48. The van der Waals surface area contributed by atoms with Crippen LogP contribution in [-0.4, -0.2) is 34.4 Å². The Labute approximate surface area is 114 Å². The lowest BCUT2D eigenvalue weighted by Crippen LogP contribution is -2.24. The molecule has 0 bridgehead atoms. The highest BCUT2D eigenvalue weighted by Gasteiger charge is 2.26. The monoisotopic (exact) mass is 276 g/mol. The first kappa shape index (κ1) is 12.6. The first-order valence-electron chi connectivity index (χ1n) is 6.23. The number of carbonyl (C=O) groups is 1. The predicted molar refractivity (Wildman–Crippen MR) is 69.0 cm³/mol. The molecule has 1 aromatic carbocycles. The zero-order valence-corrected chi connectivity index (χ0v) is 10.8. The molecule has 7 heteroatoms. The quantitative estimate of drug-likeness (QED) is 0.844. The van der Waals surface area contributed by atoms with Gasteiger partial charge in [0.25, 0.3) is 5.82 Å². The number of esters is 1. The van der Waals surface area contributed by atoms with Gasteiger partial charge in [0.2, 0.25) is 5.95 Å². The Morgan fingerprint density at radius 2 is 2.20 bits per heavy atom. The number of methoxy groups -OCH3 is 1. The van der Waals surface area contributed by atoms with Crippen molar-refractivity contribution >= 4 is 11.9 Å². The third-order valence-corrected chi connectivity index (χ3v) is 3.25. The number of rotatable bonds is 2. The van der Waals surface area contributed by atoms with E-state index in [1.54, 1.807) is 16.8 Å². The summed E-state index contributed by atoms with van der Waals surface area (Å²) in [6.45, 7) is 0.710. The van der Waals surface area contributed by atoms with E-state index in [0.29, 0.717) is 12.5 Å². The molecule has 2 aromatic rings. The summed E-state index contributed by atoms with van der Waals surface area (Å²) in [6.07, 6.45) is 0.780. The minimum Gasteiger partial charge on any atom is -0.463 e. The molecular formula is C13H13FN4O2. The van der Waals surface area contributed by atoms with Crippen LogP contribution in [0, 0.1) is 5.82 Å². The minimum absolute atomic E-state index is 0.0176. The van der Waals surface area contributed by atoms with Crippen molar-refractivity contribution in [3.8, 4) is 0 Å². The maximum Gasteiger partial charge on any atom is 0.378 e. The van der Waals surface area contributed by atoms with Crippen LogP contribution in [0.1, 0.15) is 28.6 Å². The zero-order valence-electron chi connectivity index (χ0n) is 10.8. The van der Waals surface area contributed by atoms with Gasteiger partial charge in [0.05, 0.1) is 13.2 Å². The lowest BCUT2D eigenvalue weighted by molar-refractivity contribution is 0.0586. The van der Waals surface area contributed by atoms with Crippen LogP contribution in [0.15, 0.2) is 24.3 Å². The van der Waals surface area contributed by atoms with Crippen LogP contribution in [0.2, 0.25) is 0 Å². The van der Waals surface area contributed by atoms with E-state index in [-0.39, 0.29) is 17.7 Å². The molecule has 1 aliphatic heterocycles. The van der Waals surface area contributed by atoms with Crippen LogP contribution in [0.5, 0.6) is 0 Å². The van der Waals surface area contributed by atoms with E-state index in [9.17, 15) is 9.18 Å². The Bertz CT molecular complexity index is 638. The highest BCUT2D eigenvalue weighted by molar-refractivity contribution is 5.85. The number of benzene rings is 1. The number of hydrogen-bond donors (Lipinski definition) is 1. The van der Waals surface area contributed by atoms with Crippen molar-refractivity contribution in [1.82, 2.24) is 14.8 Å². The van der Waals surface area contributed by atoms with Crippen molar-refractivity contribution in [2.75, 3.05) is 19.0 Å². The van der Waals surface area contributed by atoms with Gasteiger partial charge in [-0.3, -0.25) is 0 Å². The van der Waals surface area contributed by atoms with Crippen molar-refractivity contribution in [2.24, 2.45) is 0 Å². The van der Waals surface area contributed by atoms with Gasteiger partial charge in [-0.15, -0.1) is 5.10 Å². The van der Waals surface area contributed by atoms with E-state index in [1.807, 2.05) is 0 Å². The summed E-state index contributed by atoms with van der Waals surface area (Å²) in [6, 6.07) is 6.19. The zero-order chi connectivity index (χ0) is 14.1. The molecular weight excluding hydrogens is 263 g/mol. The molecule has 0 amide bonds. The summed E-state index contributed by atoms with van der Waals surface area (Å²) in [5.74, 6) is -0.321. The second-order valence-electron chi connectivity index (χ2n) is 4.48. The molecule has 1 N–H and O–H groups in total. The van der Waals surface area contributed by atoms with Gasteiger partial charge in [-0.2, -0.15) is 4.98 Å². The van der Waals surface area contributed by atoms with E-state index < -0.39 is 5.97 Å². The molecule has 0 fully saturated rings. The number of anilines is 1. The molecule has 3 rings (SSSR count). The third kappa shape index (κ3) is 2.11. The van der Waals surface area contributed by atoms with E-state index in [2.05, 4.69) is 20.1 Å². The topological polar surface area (TPSA) is 69.0 Å². The maximum absolute atomic E-state index is 13.0. The fraction of sp³-hybridized carbons (Fsp3) is 0.308. The molecule has 104 valence electrons. The third-order valence-electron chi connectivity index (χ3n) is 3.25. The summed E-state index contributed by atoms with van der Waals surface area (Å²) in [5, 5.41) is 7.26. The Morgan fingerprint density at radius 1 is 1.45 bits per heavy atom. The predicted octanol–water partition coefficient (Wildman–Crippen LogP) is 1.61. The van der Waals surface area contributed by atoms with Gasteiger partial charge in [0.15, 0.2) is 0 Å². The van der Waals surface area contributed by atoms with Crippen LogP contribution in [0.3, 0.4) is 0 Å². The van der Waals surface area contributed by atoms with Crippen molar-refractivity contribution in [3.05, 3.63) is 41.5 Å². The molecule has 1 aliphatic rings. The largest absolute Gasteiger partial charge is 0.463 e. The molecule has 0 aliphatic carbocycles.